The molecule has 0 spiro atoms. The van der Waals surface area contributed by atoms with Crippen LogP contribution in [0.1, 0.15) is 25.3 Å². The lowest BCUT2D eigenvalue weighted by Gasteiger charge is -2.24. The molecule has 1 heterocycles. The van der Waals surface area contributed by atoms with Crippen LogP contribution in [0.15, 0.2) is 78.9 Å². The molecule has 1 fully saturated rings. The van der Waals surface area contributed by atoms with Crippen molar-refractivity contribution in [3.63, 3.8) is 0 Å². The minimum absolute atomic E-state index is 0.0377. The molecule has 0 saturated carbocycles. The summed E-state index contributed by atoms with van der Waals surface area (Å²) in [5, 5.41) is 3.80. The first-order valence-corrected chi connectivity index (χ1v) is 12.2. The van der Waals surface area contributed by atoms with Crippen LogP contribution in [0.5, 0.6) is 5.75 Å². The van der Waals surface area contributed by atoms with Gasteiger partial charge in [-0.2, -0.15) is 0 Å². The van der Waals surface area contributed by atoms with Crippen LogP contribution in [-0.2, 0) is 16.1 Å². The molecule has 3 aromatic rings. The third-order valence-electron chi connectivity index (χ3n) is 5.59. The summed E-state index contributed by atoms with van der Waals surface area (Å²) >= 11 is 11.7. The monoisotopic (exact) mass is 507 g/mol. The summed E-state index contributed by atoms with van der Waals surface area (Å²) in [6.07, 6.45) is 0.881. The van der Waals surface area contributed by atoms with Crippen molar-refractivity contribution < 1.29 is 14.3 Å². The Bertz CT molecular complexity index is 1190. The molecule has 0 aromatic heterocycles. The van der Waals surface area contributed by atoms with E-state index in [0.29, 0.717) is 34.7 Å². The third-order valence-corrected chi connectivity index (χ3v) is 6.26. The van der Waals surface area contributed by atoms with E-state index < -0.39 is 6.04 Å². The molecule has 35 heavy (non-hydrogen) atoms. The van der Waals surface area contributed by atoms with Gasteiger partial charge in [-0.15, -0.1) is 0 Å². The predicted octanol–water partition coefficient (Wildman–Crippen LogP) is 5.66. The Hall–Kier alpha value is -3.42. The Balaban J connectivity index is 1.52. The van der Waals surface area contributed by atoms with Crippen LogP contribution in [0.4, 0.5) is 11.4 Å². The standard InChI is InChI=1S/C27H26ClN3O3S/c1-2-16-34-23-14-10-21(11-15-23)29-25(32)17-24-26(33)31(22-12-8-20(28)9-13-22)27(35)30(24)18-19-6-4-3-5-7-19/h3-15,24H,2,16-18H2,1H3,(H,29,32)/t24-/m0/s1. The number of carbonyl (C=O) groups excluding carboxylic acids is 2. The fourth-order valence-electron chi connectivity index (χ4n) is 3.86. The van der Waals surface area contributed by atoms with Crippen LogP contribution in [0.25, 0.3) is 0 Å². The number of carbonyl (C=O) groups is 2. The lowest BCUT2D eigenvalue weighted by Crippen LogP contribution is -2.37. The summed E-state index contributed by atoms with van der Waals surface area (Å²) in [6.45, 7) is 3.09. The Morgan fingerprint density at radius 1 is 1.03 bits per heavy atom. The van der Waals surface area contributed by atoms with E-state index in [1.165, 1.54) is 4.90 Å². The molecule has 0 radical (unpaired) electrons. The van der Waals surface area contributed by atoms with Crippen molar-refractivity contribution in [2.45, 2.75) is 32.4 Å². The van der Waals surface area contributed by atoms with Gasteiger partial charge in [-0.1, -0.05) is 48.9 Å². The van der Waals surface area contributed by atoms with Crippen molar-refractivity contribution in [2.24, 2.45) is 0 Å². The average Bonchev–Trinajstić information content (AvgIpc) is 3.08. The molecule has 1 atom stereocenters. The Morgan fingerprint density at radius 2 is 1.71 bits per heavy atom. The number of rotatable bonds is 9. The molecule has 1 aliphatic rings. The molecule has 4 rings (SSSR count). The molecule has 180 valence electrons. The average molecular weight is 508 g/mol. The summed E-state index contributed by atoms with van der Waals surface area (Å²) in [5.74, 6) is 0.227. The lowest BCUT2D eigenvalue weighted by atomic mass is 10.1. The van der Waals surface area contributed by atoms with Crippen LogP contribution >= 0.6 is 23.8 Å². The Kier molecular flexibility index (Phi) is 8.00. The molecule has 1 aliphatic heterocycles. The van der Waals surface area contributed by atoms with E-state index in [0.717, 1.165) is 17.7 Å². The number of halogens is 1. The second-order valence-electron chi connectivity index (χ2n) is 8.19. The van der Waals surface area contributed by atoms with Crippen molar-refractivity contribution in [1.29, 1.82) is 0 Å². The highest BCUT2D eigenvalue weighted by atomic mass is 35.5. The maximum atomic E-state index is 13.5. The molecule has 8 heteroatoms. The van der Waals surface area contributed by atoms with Gasteiger partial charge in [0.25, 0.3) is 5.91 Å². The number of hydrogen-bond acceptors (Lipinski definition) is 4. The first-order chi connectivity index (χ1) is 17.0. The minimum Gasteiger partial charge on any atom is -0.494 e. The summed E-state index contributed by atoms with van der Waals surface area (Å²) in [4.78, 5) is 29.8. The van der Waals surface area contributed by atoms with Gasteiger partial charge in [0.15, 0.2) is 5.11 Å². The van der Waals surface area contributed by atoms with Gasteiger partial charge in [0.2, 0.25) is 5.91 Å². The fraction of sp³-hybridized carbons (Fsp3) is 0.222. The maximum absolute atomic E-state index is 13.5. The molecule has 0 aliphatic carbocycles. The van der Waals surface area contributed by atoms with Gasteiger partial charge in [0.05, 0.1) is 18.7 Å². The first-order valence-electron chi connectivity index (χ1n) is 11.4. The van der Waals surface area contributed by atoms with E-state index in [9.17, 15) is 9.59 Å². The van der Waals surface area contributed by atoms with Gasteiger partial charge in [0.1, 0.15) is 11.8 Å². The highest BCUT2D eigenvalue weighted by Gasteiger charge is 2.44. The van der Waals surface area contributed by atoms with Crippen molar-refractivity contribution in [3.05, 3.63) is 89.4 Å². The first kappa shape index (κ1) is 24.7. The van der Waals surface area contributed by atoms with Crippen LogP contribution in [0, 0.1) is 0 Å². The molecule has 0 bridgehead atoms. The SMILES string of the molecule is CCCOc1ccc(NC(=O)C[C@H]2C(=O)N(c3ccc(Cl)cc3)C(=S)N2Cc2ccccc2)cc1. The third kappa shape index (κ3) is 5.99. The molecule has 3 aromatic carbocycles. The van der Waals surface area contributed by atoms with E-state index in [1.807, 2.05) is 54.3 Å². The normalized spacial score (nSPS) is 15.4. The fourth-order valence-corrected chi connectivity index (χ4v) is 4.38. The summed E-state index contributed by atoms with van der Waals surface area (Å²) in [5.41, 5.74) is 2.25. The molecule has 0 unspecified atom stereocenters. The molecule has 1 saturated heterocycles. The highest BCUT2D eigenvalue weighted by Crippen LogP contribution is 2.30. The lowest BCUT2D eigenvalue weighted by molar-refractivity contribution is -0.124. The molecule has 1 N–H and O–H groups in total. The van der Waals surface area contributed by atoms with Crippen LogP contribution in [-0.4, -0.2) is 34.5 Å². The summed E-state index contributed by atoms with van der Waals surface area (Å²) in [7, 11) is 0. The summed E-state index contributed by atoms with van der Waals surface area (Å²) in [6, 6.07) is 23.1. The van der Waals surface area contributed by atoms with Gasteiger partial charge in [-0.3, -0.25) is 14.5 Å². The Morgan fingerprint density at radius 3 is 2.37 bits per heavy atom. The van der Waals surface area contributed by atoms with Gasteiger partial charge in [0, 0.05) is 17.3 Å². The quantitative estimate of drug-likeness (QED) is 0.379. The predicted molar refractivity (Wildman–Crippen MR) is 143 cm³/mol. The molecular weight excluding hydrogens is 482 g/mol. The largest absolute Gasteiger partial charge is 0.494 e. The topological polar surface area (TPSA) is 61.9 Å². The van der Waals surface area contributed by atoms with E-state index in [-0.39, 0.29) is 18.2 Å². The number of amides is 2. The molecule has 2 amide bonds. The van der Waals surface area contributed by atoms with E-state index in [1.54, 1.807) is 36.4 Å². The number of nitrogens with one attached hydrogen (secondary N) is 1. The maximum Gasteiger partial charge on any atom is 0.256 e. The Labute approximate surface area is 215 Å². The van der Waals surface area contributed by atoms with Crippen molar-refractivity contribution in [2.75, 3.05) is 16.8 Å². The van der Waals surface area contributed by atoms with Crippen LogP contribution < -0.4 is 15.0 Å². The van der Waals surface area contributed by atoms with Crippen molar-refractivity contribution in [3.8, 4) is 5.75 Å². The number of ether oxygens (including phenoxy) is 1. The highest BCUT2D eigenvalue weighted by molar-refractivity contribution is 7.80. The smallest absolute Gasteiger partial charge is 0.256 e. The van der Waals surface area contributed by atoms with Crippen molar-refractivity contribution >= 4 is 52.1 Å². The van der Waals surface area contributed by atoms with Gasteiger partial charge in [-0.05, 0) is 72.7 Å². The zero-order chi connectivity index (χ0) is 24.8. The van der Waals surface area contributed by atoms with Gasteiger partial charge >= 0.3 is 0 Å². The van der Waals surface area contributed by atoms with Crippen molar-refractivity contribution in [1.82, 2.24) is 4.90 Å². The van der Waals surface area contributed by atoms with E-state index >= 15 is 0 Å². The van der Waals surface area contributed by atoms with Gasteiger partial charge in [-0.25, -0.2) is 0 Å². The van der Waals surface area contributed by atoms with Crippen LogP contribution in [0.3, 0.4) is 0 Å². The number of benzene rings is 3. The van der Waals surface area contributed by atoms with E-state index in [2.05, 4.69) is 5.32 Å². The second-order valence-corrected chi connectivity index (χ2v) is 8.99. The van der Waals surface area contributed by atoms with Crippen LogP contribution in [0.2, 0.25) is 5.02 Å². The molecular formula is C27H26ClN3O3S. The number of hydrogen-bond donors (Lipinski definition) is 1. The zero-order valence-corrected chi connectivity index (χ0v) is 20.9. The number of nitrogens with zero attached hydrogens (tertiary/aromatic N) is 2. The zero-order valence-electron chi connectivity index (χ0n) is 19.3. The number of anilines is 2. The molecule has 6 nitrogen and oxygen atoms in total. The minimum atomic E-state index is -0.731. The summed E-state index contributed by atoms with van der Waals surface area (Å²) < 4.78 is 5.59. The van der Waals surface area contributed by atoms with Gasteiger partial charge < -0.3 is 15.0 Å². The second kappa shape index (κ2) is 11.3. The number of thiocarbonyl (C=S) groups is 1. The van der Waals surface area contributed by atoms with E-state index in [4.69, 9.17) is 28.6 Å².